The van der Waals surface area contributed by atoms with Gasteiger partial charge in [0.15, 0.2) is 0 Å². The van der Waals surface area contributed by atoms with Gasteiger partial charge in [-0.05, 0) is 13.0 Å². The van der Waals surface area contributed by atoms with E-state index in [1.165, 1.54) is 0 Å². The van der Waals surface area contributed by atoms with Crippen molar-refractivity contribution in [3.05, 3.63) is 0 Å². The Bertz CT molecular complexity index is 161. The summed E-state index contributed by atoms with van der Waals surface area (Å²) in [7, 11) is 0. The molecule has 1 heterocycles. The zero-order valence-electron chi connectivity index (χ0n) is 8.32. The number of hydrogen-bond donors (Lipinski definition) is 1. The van der Waals surface area contributed by atoms with Crippen molar-refractivity contribution in [2.24, 2.45) is 4.99 Å². The van der Waals surface area contributed by atoms with E-state index in [-0.39, 0.29) is 6.61 Å². The van der Waals surface area contributed by atoms with E-state index in [0.717, 1.165) is 39.3 Å². The summed E-state index contributed by atoms with van der Waals surface area (Å²) in [6, 6.07) is 0. The van der Waals surface area contributed by atoms with E-state index in [2.05, 4.69) is 21.7 Å². The first-order valence-corrected chi connectivity index (χ1v) is 4.94. The minimum Gasteiger partial charge on any atom is -0.396 e. The van der Waals surface area contributed by atoms with Crippen LogP contribution in [0.25, 0.3) is 0 Å². The van der Waals surface area contributed by atoms with Crippen LogP contribution in [0, 0.1) is 0 Å². The van der Waals surface area contributed by atoms with Gasteiger partial charge in [-0.25, -0.2) is 0 Å². The Balaban J connectivity index is 2.18. The van der Waals surface area contributed by atoms with Gasteiger partial charge in [0.2, 0.25) is 0 Å². The molecule has 0 atom stereocenters. The zero-order chi connectivity index (χ0) is 9.52. The van der Waals surface area contributed by atoms with Gasteiger partial charge in [0.1, 0.15) is 0 Å². The van der Waals surface area contributed by atoms with Gasteiger partial charge in [-0.2, -0.15) is 0 Å². The summed E-state index contributed by atoms with van der Waals surface area (Å²) in [5.41, 5.74) is 0. The van der Waals surface area contributed by atoms with Gasteiger partial charge in [-0.3, -0.25) is 9.89 Å². The number of nitrogens with zero attached hydrogens (tertiary/aromatic N) is 3. The molecule has 0 aromatic carbocycles. The van der Waals surface area contributed by atoms with Crippen LogP contribution < -0.4 is 0 Å². The molecular formula is C9H19N3O. The second-order valence-electron chi connectivity index (χ2n) is 3.26. The highest BCUT2D eigenvalue weighted by atomic mass is 16.3. The quantitative estimate of drug-likeness (QED) is 0.632. The lowest BCUT2D eigenvalue weighted by Crippen LogP contribution is -2.37. The fourth-order valence-corrected chi connectivity index (χ4v) is 1.40. The highest BCUT2D eigenvalue weighted by Crippen LogP contribution is 1.98. The van der Waals surface area contributed by atoms with E-state index in [4.69, 9.17) is 5.11 Å². The fourth-order valence-electron chi connectivity index (χ4n) is 1.40. The summed E-state index contributed by atoms with van der Waals surface area (Å²) in [5, 5.41) is 8.70. The topological polar surface area (TPSA) is 39.1 Å². The van der Waals surface area contributed by atoms with Crippen molar-refractivity contribution < 1.29 is 5.11 Å². The van der Waals surface area contributed by atoms with Crippen LogP contribution in [-0.4, -0.2) is 60.7 Å². The Kier molecular flexibility index (Phi) is 4.78. The van der Waals surface area contributed by atoms with E-state index >= 15 is 0 Å². The Hall–Kier alpha value is -0.610. The van der Waals surface area contributed by atoms with Crippen LogP contribution in [0.5, 0.6) is 0 Å². The number of rotatable bonds is 6. The molecule has 0 fully saturated rings. The Morgan fingerprint density at radius 2 is 2.46 bits per heavy atom. The molecule has 4 heteroatoms. The van der Waals surface area contributed by atoms with Crippen LogP contribution in [-0.2, 0) is 0 Å². The van der Waals surface area contributed by atoms with Crippen LogP contribution in [0.1, 0.15) is 13.3 Å². The van der Waals surface area contributed by atoms with E-state index in [1.54, 1.807) is 0 Å². The minimum atomic E-state index is 0.282. The van der Waals surface area contributed by atoms with Crippen molar-refractivity contribution in [3.63, 3.8) is 0 Å². The maximum Gasteiger partial charge on any atom is 0.0861 e. The standard InChI is InChI=1S/C9H19N3O/c1-2-11(5-3-7-13)9-12-6-4-10-8-12/h8,13H,2-7,9H2,1H3. The van der Waals surface area contributed by atoms with Crippen molar-refractivity contribution >= 4 is 6.34 Å². The third-order valence-electron chi connectivity index (χ3n) is 2.22. The molecule has 0 bridgehead atoms. The third kappa shape index (κ3) is 3.74. The first-order valence-electron chi connectivity index (χ1n) is 4.94. The second kappa shape index (κ2) is 5.94. The molecular weight excluding hydrogens is 166 g/mol. The molecule has 0 aliphatic carbocycles. The lowest BCUT2D eigenvalue weighted by molar-refractivity contribution is 0.183. The fraction of sp³-hybridized carbons (Fsp3) is 0.889. The number of hydrogen-bond acceptors (Lipinski definition) is 4. The van der Waals surface area contributed by atoms with E-state index in [9.17, 15) is 0 Å². The second-order valence-corrected chi connectivity index (χ2v) is 3.26. The van der Waals surface area contributed by atoms with Gasteiger partial charge < -0.3 is 10.0 Å². The molecule has 13 heavy (non-hydrogen) atoms. The maximum absolute atomic E-state index is 8.70. The first kappa shape index (κ1) is 10.5. The smallest absolute Gasteiger partial charge is 0.0861 e. The van der Waals surface area contributed by atoms with Gasteiger partial charge in [-0.1, -0.05) is 6.92 Å². The molecule has 0 saturated heterocycles. The van der Waals surface area contributed by atoms with Crippen LogP contribution >= 0.6 is 0 Å². The molecule has 0 aromatic rings. The van der Waals surface area contributed by atoms with Crippen molar-refractivity contribution in [2.75, 3.05) is 39.5 Å². The molecule has 0 radical (unpaired) electrons. The van der Waals surface area contributed by atoms with Crippen molar-refractivity contribution in [1.29, 1.82) is 0 Å². The van der Waals surface area contributed by atoms with Crippen molar-refractivity contribution in [2.45, 2.75) is 13.3 Å². The van der Waals surface area contributed by atoms with Crippen LogP contribution in [0.3, 0.4) is 0 Å². The minimum absolute atomic E-state index is 0.282. The average molecular weight is 185 g/mol. The molecule has 1 N–H and O–H groups in total. The SMILES string of the molecule is CCN(CCCO)CN1C=NCC1. The molecule has 0 aromatic heterocycles. The largest absolute Gasteiger partial charge is 0.396 e. The van der Waals surface area contributed by atoms with Gasteiger partial charge >= 0.3 is 0 Å². The van der Waals surface area contributed by atoms with Gasteiger partial charge in [0.05, 0.1) is 19.6 Å². The summed E-state index contributed by atoms with van der Waals surface area (Å²) >= 11 is 0. The van der Waals surface area contributed by atoms with Crippen molar-refractivity contribution in [1.82, 2.24) is 9.80 Å². The predicted octanol–water partition coefficient (Wildman–Crippen LogP) is -0.00790. The summed E-state index contributed by atoms with van der Waals surface area (Å²) < 4.78 is 0. The molecule has 1 rings (SSSR count). The van der Waals surface area contributed by atoms with Crippen LogP contribution in [0.4, 0.5) is 0 Å². The van der Waals surface area contributed by atoms with Gasteiger partial charge in [0, 0.05) is 19.7 Å². The Morgan fingerprint density at radius 3 is 3.00 bits per heavy atom. The lowest BCUT2D eigenvalue weighted by Gasteiger charge is -2.25. The van der Waals surface area contributed by atoms with Gasteiger partial charge in [-0.15, -0.1) is 0 Å². The van der Waals surface area contributed by atoms with E-state index in [0.29, 0.717) is 0 Å². The maximum atomic E-state index is 8.70. The zero-order valence-corrected chi connectivity index (χ0v) is 8.32. The molecule has 76 valence electrons. The normalized spacial score (nSPS) is 16.1. The molecule has 1 aliphatic rings. The molecule has 0 saturated carbocycles. The molecule has 0 amide bonds. The Morgan fingerprint density at radius 1 is 1.62 bits per heavy atom. The monoisotopic (exact) mass is 185 g/mol. The average Bonchev–Trinajstić information content (AvgIpc) is 2.64. The highest BCUT2D eigenvalue weighted by Gasteiger charge is 2.09. The number of aliphatic hydroxyl groups is 1. The predicted molar refractivity (Wildman–Crippen MR) is 53.9 cm³/mol. The molecule has 4 nitrogen and oxygen atoms in total. The van der Waals surface area contributed by atoms with Gasteiger partial charge in [0.25, 0.3) is 0 Å². The highest BCUT2D eigenvalue weighted by molar-refractivity contribution is 5.56. The summed E-state index contributed by atoms with van der Waals surface area (Å²) in [4.78, 5) is 8.68. The van der Waals surface area contributed by atoms with E-state index in [1.807, 2.05) is 6.34 Å². The molecule has 0 spiro atoms. The number of aliphatic hydroxyl groups excluding tert-OH is 1. The first-order chi connectivity index (χ1) is 6.36. The van der Waals surface area contributed by atoms with Crippen LogP contribution in [0.15, 0.2) is 4.99 Å². The summed E-state index contributed by atoms with van der Waals surface area (Å²) in [6.45, 7) is 7.34. The van der Waals surface area contributed by atoms with E-state index < -0.39 is 0 Å². The molecule has 0 unspecified atom stereocenters. The third-order valence-corrected chi connectivity index (χ3v) is 2.22. The summed E-state index contributed by atoms with van der Waals surface area (Å²) in [5.74, 6) is 0. The van der Waals surface area contributed by atoms with Crippen molar-refractivity contribution in [3.8, 4) is 0 Å². The summed E-state index contributed by atoms with van der Waals surface area (Å²) in [6.07, 6.45) is 2.78. The Labute approximate surface area is 79.9 Å². The van der Waals surface area contributed by atoms with Crippen LogP contribution in [0.2, 0.25) is 0 Å². The lowest BCUT2D eigenvalue weighted by atomic mass is 10.4. The molecule has 1 aliphatic heterocycles. The number of aliphatic imine (C=N–C) groups is 1.